The average molecular weight is 385 g/mol. The standard InChI is InChI=1S/C18H18F3NO5/c1-2-3-15-13(8-9-26-15)17(25)22-14(10-16(23)24)11-4-6-12(7-5-11)27-18(19,20)21/h4-9,14H,2-3,10H2,1H3,(H,22,25)(H,23,24). The number of carboxylic acids is 1. The van der Waals surface area contributed by atoms with E-state index in [1.807, 2.05) is 6.92 Å². The molecule has 0 radical (unpaired) electrons. The number of alkyl halides is 3. The number of halogens is 3. The van der Waals surface area contributed by atoms with Gasteiger partial charge in [0.15, 0.2) is 0 Å². The van der Waals surface area contributed by atoms with E-state index in [1.54, 1.807) is 0 Å². The van der Waals surface area contributed by atoms with E-state index in [2.05, 4.69) is 10.1 Å². The van der Waals surface area contributed by atoms with Crippen LogP contribution in [0.15, 0.2) is 41.0 Å². The summed E-state index contributed by atoms with van der Waals surface area (Å²) >= 11 is 0. The van der Waals surface area contributed by atoms with Crippen LogP contribution < -0.4 is 10.1 Å². The highest BCUT2D eigenvalue weighted by Gasteiger charge is 2.31. The number of carbonyl (C=O) groups excluding carboxylic acids is 1. The monoisotopic (exact) mass is 385 g/mol. The molecule has 1 aromatic heterocycles. The molecule has 2 rings (SSSR count). The highest BCUT2D eigenvalue weighted by atomic mass is 19.4. The number of amides is 1. The summed E-state index contributed by atoms with van der Waals surface area (Å²) < 4.78 is 45.7. The van der Waals surface area contributed by atoms with Gasteiger partial charge in [0.1, 0.15) is 11.5 Å². The Hall–Kier alpha value is -2.97. The van der Waals surface area contributed by atoms with Gasteiger partial charge in [-0.25, -0.2) is 0 Å². The first-order chi connectivity index (χ1) is 12.7. The number of furan rings is 1. The Balaban J connectivity index is 2.18. The molecule has 0 spiro atoms. The molecule has 2 aromatic rings. The van der Waals surface area contributed by atoms with E-state index in [9.17, 15) is 22.8 Å². The number of benzene rings is 1. The predicted molar refractivity (Wildman–Crippen MR) is 88.3 cm³/mol. The van der Waals surface area contributed by atoms with Gasteiger partial charge in [0.2, 0.25) is 0 Å². The van der Waals surface area contributed by atoms with Gasteiger partial charge in [-0.3, -0.25) is 9.59 Å². The number of hydrogen-bond donors (Lipinski definition) is 2. The van der Waals surface area contributed by atoms with Crippen LogP contribution in [0, 0.1) is 0 Å². The Morgan fingerprint density at radius 1 is 1.22 bits per heavy atom. The Morgan fingerprint density at radius 3 is 2.44 bits per heavy atom. The van der Waals surface area contributed by atoms with Gasteiger partial charge in [-0.15, -0.1) is 13.2 Å². The number of ether oxygens (including phenoxy) is 1. The first-order valence-corrected chi connectivity index (χ1v) is 8.14. The fraction of sp³-hybridized carbons (Fsp3) is 0.333. The van der Waals surface area contributed by atoms with Crippen LogP contribution in [0.4, 0.5) is 13.2 Å². The number of aryl methyl sites for hydroxylation is 1. The van der Waals surface area contributed by atoms with Gasteiger partial charge in [0.25, 0.3) is 5.91 Å². The second-order valence-electron chi connectivity index (χ2n) is 5.75. The molecule has 146 valence electrons. The largest absolute Gasteiger partial charge is 0.573 e. The molecule has 9 heteroatoms. The van der Waals surface area contributed by atoms with Crippen molar-refractivity contribution in [1.29, 1.82) is 0 Å². The van der Waals surface area contributed by atoms with Gasteiger partial charge >= 0.3 is 12.3 Å². The molecule has 1 atom stereocenters. The number of carbonyl (C=O) groups is 2. The normalized spacial score (nSPS) is 12.4. The van der Waals surface area contributed by atoms with Crippen LogP contribution in [0.3, 0.4) is 0 Å². The lowest BCUT2D eigenvalue weighted by atomic mass is 10.0. The predicted octanol–water partition coefficient (Wildman–Crippen LogP) is 4.08. The van der Waals surface area contributed by atoms with Crippen LogP contribution in [0.5, 0.6) is 5.75 Å². The molecule has 1 heterocycles. The summed E-state index contributed by atoms with van der Waals surface area (Å²) in [6.07, 6.45) is -2.59. The molecular formula is C18H18F3NO5. The summed E-state index contributed by atoms with van der Waals surface area (Å²) in [5, 5.41) is 11.7. The quantitative estimate of drug-likeness (QED) is 0.715. The molecule has 0 fully saturated rings. The molecule has 0 aliphatic heterocycles. The lowest BCUT2D eigenvalue weighted by Gasteiger charge is -2.18. The number of nitrogens with one attached hydrogen (secondary N) is 1. The minimum atomic E-state index is -4.83. The van der Waals surface area contributed by atoms with E-state index in [0.717, 1.165) is 18.6 Å². The maximum atomic E-state index is 12.5. The zero-order chi connectivity index (χ0) is 20.0. The van der Waals surface area contributed by atoms with Crippen LogP contribution in [0.25, 0.3) is 0 Å². The Labute approximate surface area is 152 Å². The van der Waals surface area contributed by atoms with Crippen LogP contribution in [-0.4, -0.2) is 23.3 Å². The third-order valence-electron chi connectivity index (χ3n) is 3.67. The van der Waals surface area contributed by atoms with Crippen LogP contribution >= 0.6 is 0 Å². The molecule has 0 aliphatic carbocycles. The number of rotatable bonds is 8. The third-order valence-corrected chi connectivity index (χ3v) is 3.67. The molecule has 1 unspecified atom stereocenters. The SMILES string of the molecule is CCCc1occc1C(=O)NC(CC(=O)O)c1ccc(OC(F)(F)F)cc1. The van der Waals surface area contributed by atoms with Crippen LogP contribution in [0.2, 0.25) is 0 Å². The summed E-state index contributed by atoms with van der Waals surface area (Å²) in [6.45, 7) is 1.92. The molecular weight excluding hydrogens is 367 g/mol. The number of aliphatic carboxylic acids is 1. The molecule has 0 saturated carbocycles. The van der Waals surface area contributed by atoms with Crippen molar-refractivity contribution in [2.24, 2.45) is 0 Å². The van der Waals surface area contributed by atoms with Crippen molar-refractivity contribution < 1.29 is 37.0 Å². The molecule has 0 aliphatic rings. The highest BCUT2D eigenvalue weighted by molar-refractivity contribution is 5.95. The summed E-state index contributed by atoms with van der Waals surface area (Å²) in [7, 11) is 0. The van der Waals surface area contributed by atoms with Gasteiger partial charge in [-0.2, -0.15) is 0 Å². The van der Waals surface area contributed by atoms with E-state index >= 15 is 0 Å². The molecule has 1 amide bonds. The summed E-state index contributed by atoms with van der Waals surface area (Å²) in [5.74, 6) is -1.64. The van der Waals surface area contributed by atoms with Crippen LogP contribution in [0.1, 0.15) is 47.5 Å². The minimum Gasteiger partial charge on any atom is -0.481 e. The summed E-state index contributed by atoms with van der Waals surface area (Å²) in [5.41, 5.74) is 0.630. The van der Waals surface area contributed by atoms with E-state index in [0.29, 0.717) is 23.3 Å². The number of hydrogen-bond acceptors (Lipinski definition) is 4. The summed E-state index contributed by atoms with van der Waals surface area (Å²) in [6, 6.07) is 5.22. The molecule has 1 aromatic carbocycles. The second-order valence-corrected chi connectivity index (χ2v) is 5.75. The minimum absolute atomic E-state index is 0.296. The van der Waals surface area contributed by atoms with Crippen molar-refractivity contribution in [3.8, 4) is 5.75 Å². The van der Waals surface area contributed by atoms with Gasteiger partial charge in [-0.05, 0) is 30.2 Å². The van der Waals surface area contributed by atoms with E-state index in [4.69, 9.17) is 9.52 Å². The first-order valence-electron chi connectivity index (χ1n) is 8.14. The maximum absolute atomic E-state index is 12.5. The van der Waals surface area contributed by atoms with Crippen molar-refractivity contribution in [3.05, 3.63) is 53.5 Å². The molecule has 0 bridgehead atoms. The zero-order valence-corrected chi connectivity index (χ0v) is 14.4. The van der Waals surface area contributed by atoms with Crippen molar-refractivity contribution in [2.75, 3.05) is 0 Å². The Morgan fingerprint density at radius 2 is 1.89 bits per heavy atom. The molecule has 0 saturated heterocycles. The molecule has 27 heavy (non-hydrogen) atoms. The van der Waals surface area contributed by atoms with Gasteiger partial charge in [-0.1, -0.05) is 19.1 Å². The first kappa shape index (κ1) is 20.3. The van der Waals surface area contributed by atoms with Gasteiger partial charge < -0.3 is 19.6 Å². The van der Waals surface area contributed by atoms with E-state index in [1.165, 1.54) is 24.5 Å². The topological polar surface area (TPSA) is 88.8 Å². The van der Waals surface area contributed by atoms with Gasteiger partial charge in [0.05, 0.1) is 24.3 Å². The molecule has 2 N–H and O–H groups in total. The van der Waals surface area contributed by atoms with Gasteiger partial charge in [0, 0.05) is 6.42 Å². The smallest absolute Gasteiger partial charge is 0.481 e. The maximum Gasteiger partial charge on any atom is 0.573 e. The number of carboxylic acid groups (broad SMARTS) is 1. The fourth-order valence-electron chi connectivity index (χ4n) is 2.53. The third kappa shape index (κ3) is 6.05. The van der Waals surface area contributed by atoms with E-state index in [-0.39, 0.29) is 0 Å². The van der Waals surface area contributed by atoms with Crippen LogP contribution in [-0.2, 0) is 11.2 Å². The Kier molecular flexibility index (Phi) is 6.49. The van der Waals surface area contributed by atoms with Crippen molar-refractivity contribution in [3.63, 3.8) is 0 Å². The van der Waals surface area contributed by atoms with E-state index < -0.39 is 36.5 Å². The second kappa shape index (κ2) is 8.61. The van der Waals surface area contributed by atoms with Crippen molar-refractivity contribution >= 4 is 11.9 Å². The van der Waals surface area contributed by atoms with Crippen molar-refractivity contribution in [2.45, 2.75) is 38.6 Å². The summed E-state index contributed by atoms with van der Waals surface area (Å²) in [4.78, 5) is 23.6. The lowest BCUT2D eigenvalue weighted by molar-refractivity contribution is -0.274. The van der Waals surface area contributed by atoms with Crippen molar-refractivity contribution in [1.82, 2.24) is 5.32 Å². The Bertz CT molecular complexity index is 783. The fourth-order valence-corrected chi connectivity index (χ4v) is 2.53. The lowest BCUT2D eigenvalue weighted by Crippen LogP contribution is -2.30. The highest BCUT2D eigenvalue weighted by Crippen LogP contribution is 2.26. The average Bonchev–Trinajstić information content (AvgIpc) is 3.02. The zero-order valence-electron chi connectivity index (χ0n) is 14.4. The molecule has 6 nitrogen and oxygen atoms in total.